The normalized spacial score (nSPS) is 10.6. The fourth-order valence-corrected chi connectivity index (χ4v) is 2.93. The van der Waals surface area contributed by atoms with Crippen molar-refractivity contribution in [3.8, 4) is 0 Å². The van der Waals surface area contributed by atoms with Gasteiger partial charge in [0.25, 0.3) is 0 Å². The second kappa shape index (κ2) is 6.76. The summed E-state index contributed by atoms with van der Waals surface area (Å²) in [4.78, 5) is 0. The summed E-state index contributed by atoms with van der Waals surface area (Å²) >= 11 is 2.37. The van der Waals surface area contributed by atoms with Gasteiger partial charge >= 0.3 is 0 Å². The van der Waals surface area contributed by atoms with Crippen molar-refractivity contribution in [1.29, 1.82) is 0 Å². The van der Waals surface area contributed by atoms with Gasteiger partial charge in [-0.3, -0.25) is 0 Å². The highest BCUT2D eigenvalue weighted by Gasteiger charge is 2.14. The molecule has 0 aliphatic rings. The van der Waals surface area contributed by atoms with Gasteiger partial charge in [0, 0.05) is 9.26 Å². The first-order valence-electron chi connectivity index (χ1n) is 6.95. The van der Waals surface area contributed by atoms with Gasteiger partial charge in [-0.25, -0.2) is 0 Å². The molecule has 1 nitrogen and oxygen atoms in total. The lowest BCUT2D eigenvalue weighted by Crippen LogP contribution is -2.13. The van der Waals surface area contributed by atoms with E-state index in [1.165, 1.54) is 14.7 Å². The van der Waals surface area contributed by atoms with Crippen molar-refractivity contribution < 1.29 is 0 Å². The molecule has 21 heavy (non-hydrogen) atoms. The molecule has 3 rings (SSSR count). The Hall–Kier alpha value is -1.81. The molecule has 3 aromatic carbocycles. The van der Waals surface area contributed by atoms with Gasteiger partial charge in [-0.15, -0.1) is 0 Å². The smallest absolute Gasteiger partial charge is 0.0767 e. The molecule has 0 saturated carbocycles. The molecule has 104 valence electrons. The summed E-state index contributed by atoms with van der Waals surface area (Å²) < 4.78 is 1.23. The van der Waals surface area contributed by atoms with Gasteiger partial charge in [0.05, 0.1) is 6.04 Å². The van der Waals surface area contributed by atoms with E-state index in [4.69, 9.17) is 0 Å². The van der Waals surface area contributed by atoms with E-state index >= 15 is 0 Å². The predicted molar refractivity (Wildman–Crippen MR) is 97.5 cm³/mol. The highest BCUT2D eigenvalue weighted by Crippen LogP contribution is 2.28. The second-order valence-electron chi connectivity index (χ2n) is 4.88. The van der Waals surface area contributed by atoms with Gasteiger partial charge in [0.2, 0.25) is 0 Å². The summed E-state index contributed by atoms with van der Waals surface area (Å²) in [5.74, 6) is 0. The number of rotatable bonds is 4. The minimum absolute atomic E-state index is 0.156. The van der Waals surface area contributed by atoms with Crippen molar-refractivity contribution in [3.05, 3.63) is 99.6 Å². The Kier molecular flexibility index (Phi) is 4.55. The van der Waals surface area contributed by atoms with E-state index in [1.807, 2.05) is 0 Å². The average molecular weight is 385 g/mol. The summed E-state index contributed by atoms with van der Waals surface area (Å²) in [6, 6.07) is 29.7. The summed E-state index contributed by atoms with van der Waals surface area (Å²) in [6.07, 6.45) is 0. The maximum absolute atomic E-state index is 3.67. The molecule has 0 amide bonds. The first-order valence-corrected chi connectivity index (χ1v) is 8.03. The Balaban J connectivity index is 1.99. The standard InChI is InChI=1S/C19H16IN/c20-17-13-7-8-14-18(17)21-19(15-9-3-1-4-10-15)16-11-5-2-6-12-16/h1-14,19,21H. The Bertz CT molecular complexity index is 656. The Labute approximate surface area is 139 Å². The molecule has 0 spiro atoms. The number of anilines is 1. The SMILES string of the molecule is Ic1ccccc1NC(c1ccccc1)c1ccccc1. The Morgan fingerprint density at radius 1 is 0.619 bits per heavy atom. The number of hydrogen-bond donors (Lipinski definition) is 1. The zero-order chi connectivity index (χ0) is 14.5. The second-order valence-corrected chi connectivity index (χ2v) is 6.04. The third kappa shape index (κ3) is 3.45. The third-order valence-corrected chi connectivity index (χ3v) is 4.38. The van der Waals surface area contributed by atoms with Crippen LogP contribution in [-0.4, -0.2) is 0 Å². The minimum Gasteiger partial charge on any atom is -0.373 e. The molecule has 0 unspecified atom stereocenters. The molecule has 2 heteroatoms. The molecule has 0 aliphatic carbocycles. The monoisotopic (exact) mass is 385 g/mol. The van der Waals surface area contributed by atoms with E-state index in [2.05, 4.69) is 113 Å². The average Bonchev–Trinajstić information content (AvgIpc) is 2.56. The minimum atomic E-state index is 0.156. The molecule has 0 fully saturated rings. The molecule has 0 aliphatic heterocycles. The van der Waals surface area contributed by atoms with Crippen molar-refractivity contribution in [1.82, 2.24) is 0 Å². The molecular formula is C19H16IN. The van der Waals surface area contributed by atoms with Crippen LogP contribution in [0.15, 0.2) is 84.9 Å². The highest BCUT2D eigenvalue weighted by molar-refractivity contribution is 14.1. The zero-order valence-corrected chi connectivity index (χ0v) is 13.7. The van der Waals surface area contributed by atoms with E-state index in [0.717, 1.165) is 5.69 Å². The van der Waals surface area contributed by atoms with Crippen LogP contribution < -0.4 is 5.32 Å². The number of para-hydroxylation sites is 1. The van der Waals surface area contributed by atoms with Gasteiger partial charge in [0.15, 0.2) is 0 Å². The number of benzene rings is 3. The van der Waals surface area contributed by atoms with E-state index in [-0.39, 0.29) is 6.04 Å². The molecule has 0 saturated heterocycles. The van der Waals surface area contributed by atoms with E-state index < -0.39 is 0 Å². The van der Waals surface area contributed by atoms with Crippen molar-refractivity contribution >= 4 is 28.3 Å². The first kappa shape index (κ1) is 14.1. The first-order chi connectivity index (χ1) is 10.3. The van der Waals surface area contributed by atoms with Crippen molar-refractivity contribution in [3.63, 3.8) is 0 Å². The van der Waals surface area contributed by atoms with Crippen LogP contribution in [0.3, 0.4) is 0 Å². The van der Waals surface area contributed by atoms with Crippen LogP contribution in [0, 0.1) is 3.57 Å². The molecular weight excluding hydrogens is 369 g/mol. The lowest BCUT2D eigenvalue weighted by molar-refractivity contribution is 0.938. The largest absolute Gasteiger partial charge is 0.373 e. The predicted octanol–water partition coefficient (Wildman–Crippen LogP) is 5.49. The quantitative estimate of drug-likeness (QED) is 0.586. The van der Waals surface area contributed by atoms with Gasteiger partial charge in [-0.1, -0.05) is 72.8 Å². The van der Waals surface area contributed by atoms with E-state index in [1.54, 1.807) is 0 Å². The fraction of sp³-hybridized carbons (Fsp3) is 0.0526. The maximum atomic E-state index is 3.67. The third-order valence-electron chi connectivity index (χ3n) is 3.44. The van der Waals surface area contributed by atoms with Crippen LogP contribution in [0.1, 0.15) is 17.2 Å². The molecule has 1 N–H and O–H groups in total. The summed E-state index contributed by atoms with van der Waals surface area (Å²) in [5.41, 5.74) is 3.70. The van der Waals surface area contributed by atoms with Crippen LogP contribution in [0.5, 0.6) is 0 Å². The van der Waals surface area contributed by atoms with Gasteiger partial charge in [-0.2, -0.15) is 0 Å². The lowest BCUT2D eigenvalue weighted by Gasteiger charge is -2.22. The summed E-state index contributed by atoms with van der Waals surface area (Å²) in [6.45, 7) is 0. The van der Waals surface area contributed by atoms with Gasteiger partial charge in [0.1, 0.15) is 0 Å². The van der Waals surface area contributed by atoms with Crippen LogP contribution >= 0.6 is 22.6 Å². The summed E-state index contributed by atoms with van der Waals surface area (Å²) in [5, 5.41) is 3.67. The molecule has 0 bridgehead atoms. The molecule has 0 atom stereocenters. The van der Waals surface area contributed by atoms with Gasteiger partial charge in [-0.05, 0) is 45.9 Å². The van der Waals surface area contributed by atoms with Crippen LogP contribution in [-0.2, 0) is 0 Å². The van der Waals surface area contributed by atoms with E-state index in [9.17, 15) is 0 Å². The summed E-state index contributed by atoms with van der Waals surface area (Å²) in [7, 11) is 0. The number of hydrogen-bond acceptors (Lipinski definition) is 1. The van der Waals surface area contributed by atoms with E-state index in [0.29, 0.717) is 0 Å². The number of nitrogens with one attached hydrogen (secondary N) is 1. The fourth-order valence-electron chi connectivity index (χ4n) is 2.38. The lowest BCUT2D eigenvalue weighted by atomic mass is 9.98. The molecule has 3 aromatic rings. The topological polar surface area (TPSA) is 12.0 Å². The Morgan fingerprint density at radius 3 is 1.62 bits per heavy atom. The molecule has 0 aromatic heterocycles. The van der Waals surface area contributed by atoms with Crippen molar-refractivity contribution in [2.24, 2.45) is 0 Å². The molecule has 0 radical (unpaired) electrons. The van der Waals surface area contributed by atoms with Crippen molar-refractivity contribution in [2.45, 2.75) is 6.04 Å². The van der Waals surface area contributed by atoms with Crippen molar-refractivity contribution in [2.75, 3.05) is 5.32 Å². The molecule has 0 heterocycles. The maximum Gasteiger partial charge on any atom is 0.0767 e. The van der Waals surface area contributed by atoms with Crippen LogP contribution in [0.2, 0.25) is 0 Å². The van der Waals surface area contributed by atoms with Gasteiger partial charge < -0.3 is 5.32 Å². The zero-order valence-electron chi connectivity index (χ0n) is 11.5. The van der Waals surface area contributed by atoms with Crippen LogP contribution in [0.25, 0.3) is 0 Å². The number of halogens is 1. The highest BCUT2D eigenvalue weighted by atomic mass is 127. The Morgan fingerprint density at radius 2 is 1.10 bits per heavy atom. The van der Waals surface area contributed by atoms with Crippen LogP contribution in [0.4, 0.5) is 5.69 Å².